The predicted octanol–water partition coefficient (Wildman–Crippen LogP) is 2.78. The molecule has 8 heteroatoms. The molecule has 2 aliphatic heterocycles. The molecule has 1 unspecified atom stereocenters. The van der Waals surface area contributed by atoms with Gasteiger partial charge in [0.2, 0.25) is 5.89 Å². The van der Waals surface area contributed by atoms with Crippen LogP contribution in [0, 0.1) is 6.92 Å². The highest BCUT2D eigenvalue weighted by Gasteiger charge is 2.39. The summed E-state index contributed by atoms with van der Waals surface area (Å²) in [4.78, 5) is 24.7. The van der Waals surface area contributed by atoms with E-state index in [2.05, 4.69) is 46.0 Å². The second kappa shape index (κ2) is 9.45. The number of piperazine rings is 1. The van der Waals surface area contributed by atoms with Crippen LogP contribution in [0.3, 0.4) is 0 Å². The molecule has 1 N–H and O–H groups in total. The molecule has 4 rings (SSSR count). The van der Waals surface area contributed by atoms with Crippen LogP contribution in [0.2, 0.25) is 0 Å². The smallest absolute Gasteiger partial charge is 0.317 e. The summed E-state index contributed by atoms with van der Waals surface area (Å²) in [7, 11) is 0. The van der Waals surface area contributed by atoms with Gasteiger partial charge in [0.25, 0.3) is 0 Å². The Morgan fingerprint density at radius 2 is 1.77 bits per heavy atom. The number of amides is 2. The predicted molar refractivity (Wildman–Crippen MR) is 120 cm³/mol. The number of aromatic nitrogens is 2. The number of rotatable bonds is 4. The number of carbonyl (C=O) groups excluding carboxylic acids is 1. The van der Waals surface area contributed by atoms with E-state index in [4.69, 9.17) is 4.52 Å². The van der Waals surface area contributed by atoms with Gasteiger partial charge in [0.1, 0.15) is 0 Å². The molecule has 2 saturated heterocycles. The number of hydrogen-bond donors (Lipinski definition) is 1. The summed E-state index contributed by atoms with van der Waals surface area (Å²) < 4.78 is 5.19. The highest BCUT2D eigenvalue weighted by Crippen LogP contribution is 2.33. The van der Waals surface area contributed by atoms with Gasteiger partial charge in [-0.1, -0.05) is 24.9 Å². The van der Waals surface area contributed by atoms with E-state index < -0.39 is 0 Å². The zero-order valence-corrected chi connectivity index (χ0v) is 19.8. The molecule has 0 spiro atoms. The fourth-order valence-electron chi connectivity index (χ4n) is 5.52. The van der Waals surface area contributed by atoms with Gasteiger partial charge in [-0.25, -0.2) is 4.79 Å². The van der Waals surface area contributed by atoms with Crippen molar-refractivity contribution in [1.82, 2.24) is 30.2 Å². The Balaban J connectivity index is 1.31. The van der Waals surface area contributed by atoms with Crippen LogP contribution in [0.4, 0.5) is 4.79 Å². The van der Waals surface area contributed by atoms with E-state index in [1.54, 1.807) is 0 Å². The van der Waals surface area contributed by atoms with Gasteiger partial charge in [-0.05, 0) is 39.5 Å². The largest absolute Gasteiger partial charge is 0.340 e. The maximum absolute atomic E-state index is 13.1. The Morgan fingerprint density at radius 3 is 2.39 bits per heavy atom. The van der Waals surface area contributed by atoms with E-state index in [0.717, 1.165) is 64.4 Å². The number of nitrogens with one attached hydrogen (secondary N) is 1. The van der Waals surface area contributed by atoms with Crippen LogP contribution in [0.15, 0.2) is 4.52 Å². The van der Waals surface area contributed by atoms with Crippen LogP contribution >= 0.6 is 0 Å². The molecule has 0 bridgehead atoms. The van der Waals surface area contributed by atoms with Crippen molar-refractivity contribution in [2.24, 2.45) is 0 Å². The monoisotopic (exact) mass is 432 g/mol. The Bertz CT molecular complexity index is 734. The first-order valence-electron chi connectivity index (χ1n) is 12.2. The summed E-state index contributed by atoms with van der Waals surface area (Å²) in [6.45, 7) is 14.5. The summed E-state index contributed by atoms with van der Waals surface area (Å²) in [5.74, 6) is 1.38. The minimum atomic E-state index is -0.113. The first-order chi connectivity index (χ1) is 14.9. The van der Waals surface area contributed by atoms with E-state index in [1.165, 1.54) is 19.3 Å². The highest BCUT2D eigenvalue weighted by atomic mass is 16.5. The van der Waals surface area contributed by atoms with Crippen molar-refractivity contribution >= 4 is 6.03 Å². The first kappa shape index (κ1) is 22.5. The molecule has 31 heavy (non-hydrogen) atoms. The number of hydrogen-bond acceptors (Lipinski definition) is 6. The van der Waals surface area contributed by atoms with E-state index in [1.807, 2.05) is 11.8 Å². The summed E-state index contributed by atoms with van der Waals surface area (Å²) in [6.07, 6.45) is 6.50. The van der Waals surface area contributed by atoms with Gasteiger partial charge in [0.05, 0.1) is 0 Å². The van der Waals surface area contributed by atoms with Crippen molar-refractivity contribution < 1.29 is 9.32 Å². The lowest BCUT2D eigenvalue weighted by molar-refractivity contribution is 0.0495. The lowest BCUT2D eigenvalue weighted by Crippen LogP contribution is -2.60. The zero-order valence-electron chi connectivity index (χ0n) is 19.8. The highest BCUT2D eigenvalue weighted by molar-refractivity contribution is 5.74. The van der Waals surface area contributed by atoms with Gasteiger partial charge in [0, 0.05) is 69.7 Å². The van der Waals surface area contributed by atoms with E-state index in [-0.39, 0.29) is 17.5 Å². The van der Waals surface area contributed by atoms with Gasteiger partial charge < -0.3 is 14.7 Å². The molecule has 2 amide bonds. The molecule has 1 aromatic rings. The van der Waals surface area contributed by atoms with Gasteiger partial charge in [-0.2, -0.15) is 4.98 Å². The fraction of sp³-hybridized carbons (Fsp3) is 0.870. The molecule has 2 atom stereocenters. The molecule has 0 radical (unpaired) electrons. The van der Waals surface area contributed by atoms with Crippen LogP contribution in [0.5, 0.6) is 0 Å². The molecule has 3 aliphatic rings. The number of aryl methyl sites for hydroxylation is 1. The molecule has 8 nitrogen and oxygen atoms in total. The molecular weight excluding hydrogens is 392 g/mol. The third-order valence-electron chi connectivity index (χ3n) is 7.81. The minimum absolute atomic E-state index is 0.101. The SMILES string of the molecule is Cc1nc(C2(C)CCN(C(=O)N[C@H]3CCCCC3N3CCN(C(C)C)CC3)CC2)no1. The summed E-state index contributed by atoms with van der Waals surface area (Å²) in [6, 6.07) is 1.46. The second-order valence-corrected chi connectivity index (χ2v) is 10.3. The molecule has 1 aliphatic carbocycles. The van der Waals surface area contributed by atoms with Gasteiger partial charge in [0.15, 0.2) is 5.82 Å². The average molecular weight is 433 g/mol. The second-order valence-electron chi connectivity index (χ2n) is 10.3. The van der Waals surface area contributed by atoms with Gasteiger partial charge in [-0.15, -0.1) is 0 Å². The fourth-order valence-corrected chi connectivity index (χ4v) is 5.52. The third-order valence-corrected chi connectivity index (χ3v) is 7.81. The van der Waals surface area contributed by atoms with Crippen molar-refractivity contribution in [2.45, 2.75) is 89.8 Å². The molecule has 1 aromatic heterocycles. The quantitative estimate of drug-likeness (QED) is 0.788. The van der Waals surface area contributed by atoms with Crippen LogP contribution < -0.4 is 5.32 Å². The number of urea groups is 1. The molecule has 174 valence electrons. The summed E-state index contributed by atoms with van der Waals surface area (Å²) >= 11 is 0. The van der Waals surface area contributed by atoms with Crippen molar-refractivity contribution in [1.29, 1.82) is 0 Å². The van der Waals surface area contributed by atoms with Crippen LogP contribution in [0.25, 0.3) is 0 Å². The first-order valence-corrected chi connectivity index (χ1v) is 12.2. The third kappa shape index (κ3) is 5.06. The van der Waals surface area contributed by atoms with Crippen molar-refractivity contribution in [3.63, 3.8) is 0 Å². The maximum atomic E-state index is 13.1. The van der Waals surface area contributed by atoms with E-state index in [0.29, 0.717) is 18.0 Å². The topological polar surface area (TPSA) is 77.7 Å². The molecular formula is C23H40N6O2. The Labute approximate surface area is 186 Å². The van der Waals surface area contributed by atoms with Crippen LogP contribution in [-0.2, 0) is 5.41 Å². The standard InChI is InChI=1S/C23H40N6O2/c1-17(2)27-13-15-28(16-14-27)20-8-6-5-7-19(20)25-22(30)29-11-9-23(4,10-12-29)21-24-18(3)31-26-21/h17,19-20H,5-16H2,1-4H3,(H,25,30)/t19-,20?/m0/s1. The molecule has 1 saturated carbocycles. The lowest BCUT2D eigenvalue weighted by Gasteiger charge is -2.46. The van der Waals surface area contributed by atoms with E-state index in [9.17, 15) is 4.79 Å². The van der Waals surface area contributed by atoms with Crippen molar-refractivity contribution in [3.8, 4) is 0 Å². The lowest BCUT2D eigenvalue weighted by atomic mass is 9.79. The minimum Gasteiger partial charge on any atom is -0.340 e. The zero-order chi connectivity index (χ0) is 22.0. The maximum Gasteiger partial charge on any atom is 0.317 e. The van der Waals surface area contributed by atoms with Crippen molar-refractivity contribution in [3.05, 3.63) is 11.7 Å². The normalized spacial score (nSPS) is 28.1. The van der Waals surface area contributed by atoms with E-state index >= 15 is 0 Å². The van der Waals surface area contributed by atoms with Crippen LogP contribution in [-0.4, -0.2) is 88.3 Å². The average Bonchev–Trinajstić information content (AvgIpc) is 3.22. The number of carbonyl (C=O) groups is 1. The number of likely N-dealkylation sites (tertiary alicyclic amines) is 1. The number of piperidine rings is 1. The molecule has 3 fully saturated rings. The van der Waals surface area contributed by atoms with Gasteiger partial charge in [-0.3, -0.25) is 9.80 Å². The van der Waals surface area contributed by atoms with Crippen LogP contribution in [0.1, 0.15) is 71.0 Å². The Kier molecular flexibility index (Phi) is 6.86. The number of nitrogens with zero attached hydrogens (tertiary/aromatic N) is 5. The molecule has 0 aromatic carbocycles. The summed E-state index contributed by atoms with van der Waals surface area (Å²) in [5, 5.41) is 7.56. The molecule has 3 heterocycles. The van der Waals surface area contributed by atoms with Gasteiger partial charge >= 0.3 is 6.03 Å². The van der Waals surface area contributed by atoms with Crippen molar-refractivity contribution in [2.75, 3.05) is 39.3 Å². The Morgan fingerprint density at radius 1 is 1.10 bits per heavy atom. The summed E-state index contributed by atoms with van der Waals surface area (Å²) in [5.41, 5.74) is -0.113. The Hall–Kier alpha value is -1.67.